The molecule has 5 heteroatoms. The van der Waals surface area contributed by atoms with Crippen molar-refractivity contribution >= 4 is 31.5 Å². The van der Waals surface area contributed by atoms with E-state index in [9.17, 15) is 13.5 Å². The van der Waals surface area contributed by atoms with Gasteiger partial charge in [0.2, 0.25) is 0 Å². The average Bonchev–Trinajstić information content (AvgIpc) is 2.02. The molecule has 0 aliphatic carbocycles. The molecular formula is C9H9BrO3S. The molecule has 0 saturated heterocycles. The standard InChI is InChI=1S/C9H9BrO3S/c1-14(12,13)6-9(11)7-2-4-8(10)5-3-7/h2-6,11H,1H3. The largest absolute Gasteiger partial charge is 0.507 e. The summed E-state index contributed by atoms with van der Waals surface area (Å²) in [5.74, 6) is -0.250. The molecule has 0 aliphatic heterocycles. The first-order valence-electron chi connectivity index (χ1n) is 3.75. The number of aliphatic hydroxyl groups excluding tert-OH is 1. The van der Waals surface area contributed by atoms with Gasteiger partial charge in [-0.15, -0.1) is 0 Å². The van der Waals surface area contributed by atoms with Gasteiger partial charge in [-0.3, -0.25) is 0 Å². The molecule has 0 spiro atoms. The van der Waals surface area contributed by atoms with Gasteiger partial charge in [-0.2, -0.15) is 0 Å². The monoisotopic (exact) mass is 276 g/mol. The normalized spacial score (nSPS) is 12.9. The second-order valence-corrected chi connectivity index (χ2v) is 5.65. The van der Waals surface area contributed by atoms with Crippen molar-refractivity contribution in [2.45, 2.75) is 0 Å². The van der Waals surface area contributed by atoms with Gasteiger partial charge in [0.25, 0.3) is 0 Å². The first kappa shape index (κ1) is 11.3. The lowest BCUT2D eigenvalue weighted by Crippen LogP contribution is -1.92. The van der Waals surface area contributed by atoms with Crippen molar-refractivity contribution in [3.63, 3.8) is 0 Å². The number of hydrogen-bond donors (Lipinski definition) is 1. The topological polar surface area (TPSA) is 54.4 Å². The molecule has 0 unspecified atom stereocenters. The van der Waals surface area contributed by atoms with Crippen molar-refractivity contribution in [3.8, 4) is 0 Å². The summed E-state index contributed by atoms with van der Waals surface area (Å²) in [5.41, 5.74) is 0.471. The number of benzene rings is 1. The van der Waals surface area contributed by atoms with Crippen molar-refractivity contribution in [1.82, 2.24) is 0 Å². The minimum absolute atomic E-state index is 0.250. The van der Waals surface area contributed by atoms with E-state index in [-0.39, 0.29) is 5.76 Å². The fourth-order valence-electron chi connectivity index (χ4n) is 0.891. The molecule has 0 saturated carbocycles. The van der Waals surface area contributed by atoms with E-state index in [1.165, 1.54) is 0 Å². The predicted octanol–water partition coefficient (Wildman–Crippen LogP) is 2.35. The molecule has 1 N–H and O–H groups in total. The molecule has 0 amide bonds. The molecule has 3 nitrogen and oxygen atoms in total. The van der Waals surface area contributed by atoms with Crippen molar-refractivity contribution in [1.29, 1.82) is 0 Å². The Morgan fingerprint density at radius 2 is 1.86 bits per heavy atom. The van der Waals surface area contributed by atoms with E-state index in [1.54, 1.807) is 24.3 Å². The highest BCUT2D eigenvalue weighted by Gasteiger charge is 2.03. The quantitative estimate of drug-likeness (QED) is 0.844. The van der Waals surface area contributed by atoms with Crippen molar-refractivity contribution in [3.05, 3.63) is 39.7 Å². The van der Waals surface area contributed by atoms with Crippen LogP contribution in [-0.2, 0) is 9.84 Å². The Morgan fingerprint density at radius 3 is 2.29 bits per heavy atom. The molecule has 0 aromatic heterocycles. The van der Waals surface area contributed by atoms with E-state index in [4.69, 9.17) is 0 Å². The maximum absolute atomic E-state index is 10.8. The predicted molar refractivity (Wildman–Crippen MR) is 59.6 cm³/mol. The minimum Gasteiger partial charge on any atom is -0.507 e. The zero-order valence-electron chi connectivity index (χ0n) is 7.44. The van der Waals surface area contributed by atoms with Gasteiger partial charge < -0.3 is 5.11 Å². The Balaban J connectivity index is 3.07. The van der Waals surface area contributed by atoms with Crippen LogP contribution in [0.2, 0.25) is 0 Å². The smallest absolute Gasteiger partial charge is 0.172 e. The van der Waals surface area contributed by atoms with Crippen LogP contribution in [0.5, 0.6) is 0 Å². The summed E-state index contributed by atoms with van der Waals surface area (Å²) < 4.78 is 22.5. The van der Waals surface area contributed by atoms with Crippen LogP contribution >= 0.6 is 15.9 Å². The van der Waals surface area contributed by atoms with Gasteiger partial charge in [0.15, 0.2) is 9.84 Å². The lowest BCUT2D eigenvalue weighted by atomic mass is 10.2. The SMILES string of the molecule is CS(=O)(=O)C=C(O)c1ccc(Br)cc1. The van der Waals surface area contributed by atoms with E-state index < -0.39 is 9.84 Å². The third kappa shape index (κ3) is 3.51. The average molecular weight is 277 g/mol. The molecule has 76 valence electrons. The fraction of sp³-hybridized carbons (Fsp3) is 0.111. The third-order valence-electron chi connectivity index (χ3n) is 1.47. The van der Waals surface area contributed by atoms with Gasteiger partial charge in [0.1, 0.15) is 5.76 Å². The second kappa shape index (κ2) is 4.14. The molecule has 1 aromatic carbocycles. The van der Waals surface area contributed by atoms with Crippen LogP contribution in [0.25, 0.3) is 5.76 Å². The summed E-state index contributed by atoms with van der Waals surface area (Å²) in [5, 5.41) is 10.2. The third-order valence-corrected chi connectivity index (χ3v) is 2.65. The number of rotatable bonds is 2. The lowest BCUT2D eigenvalue weighted by Gasteiger charge is -1.99. The summed E-state index contributed by atoms with van der Waals surface area (Å²) in [6.07, 6.45) is 1.03. The van der Waals surface area contributed by atoms with E-state index in [0.29, 0.717) is 5.56 Å². The molecule has 14 heavy (non-hydrogen) atoms. The zero-order chi connectivity index (χ0) is 10.8. The van der Waals surface area contributed by atoms with Crippen molar-refractivity contribution in [2.75, 3.05) is 6.26 Å². The number of hydrogen-bond acceptors (Lipinski definition) is 3. The van der Waals surface area contributed by atoms with Crippen LogP contribution in [-0.4, -0.2) is 19.8 Å². The minimum atomic E-state index is -3.31. The molecule has 1 rings (SSSR count). The second-order valence-electron chi connectivity index (χ2n) is 2.84. The fourth-order valence-corrected chi connectivity index (χ4v) is 1.70. The van der Waals surface area contributed by atoms with Crippen LogP contribution < -0.4 is 0 Å². The van der Waals surface area contributed by atoms with E-state index in [1.807, 2.05) is 0 Å². The maximum Gasteiger partial charge on any atom is 0.172 e. The highest BCUT2D eigenvalue weighted by molar-refractivity contribution is 9.10. The van der Waals surface area contributed by atoms with Gasteiger partial charge in [-0.25, -0.2) is 8.42 Å². The highest BCUT2D eigenvalue weighted by Crippen LogP contribution is 2.16. The van der Waals surface area contributed by atoms with Crippen LogP contribution in [0.15, 0.2) is 34.1 Å². The first-order valence-corrected chi connectivity index (χ1v) is 6.50. The molecule has 0 bridgehead atoms. The summed E-state index contributed by atoms with van der Waals surface area (Å²) >= 11 is 3.24. The number of halogens is 1. The van der Waals surface area contributed by atoms with E-state index in [0.717, 1.165) is 16.1 Å². The van der Waals surface area contributed by atoms with Gasteiger partial charge in [0, 0.05) is 16.3 Å². The highest BCUT2D eigenvalue weighted by atomic mass is 79.9. The molecule has 0 fully saturated rings. The molecule has 0 heterocycles. The van der Waals surface area contributed by atoms with Crippen LogP contribution in [0, 0.1) is 0 Å². The Morgan fingerprint density at radius 1 is 1.36 bits per heavy atom. The summed E-state index contributed by atoms with van der Waals surface area (Å²) in [6, 6.07) is 6.70. The lowest BCUT2D eigenvalue weighted by molar-refractivity contribution is 0.512. The maximum atomic E-state index is 10.8. The molecule has 0 atom stereocenters. The Hall–Kier alpha value is -0.810. The summed E-state index contributed by atoms with van der Waals surface area (Å²) in [6.45, 7) is 0. The van der Waals surface area contributed by atoms with Gasteiger partial charge in [-0.1, -0.05) is 28.1 Å². The summed E-state index contributed by atoms with van der Waals surface area (Å²) in [4.78, 5) is 0. The molecule has 1 aromatic rings. The van der Waals surface area contributed by atoms with Crippen LogP contribution in [0.1, 0.15) is 5.56 Å². The van der Waals surface area contributed by atoms with Gasteiger partial charge in [0.05, 0.1) is 5.41 Å². The number of sulfone groups is 1. The Labute approximate surface area is 91.1 Å². The Bertz CT molecular complexity index is 445. The van der Waals surface area contributed by atoms with Gasteiger partial charge in [-0.05, 0) is 12.1 Å². The molecular weight excluding hydrogens is 268 g/mol. The molecule has 0 aliphatic rings. The zero-order valence-corrected chi connectivity index (χ0v) is 9.84. The van der Waals surface area contributed by atoms with E-state index in [2.05, 4.69) is 15.9 Å². The van der Waals surface area contributed by atoms with Crippen molar-refractivity contribution in [2.24, 2.45) is 0 Å². The van der Waals surface area contributed by atoms with Crippen LogP contribution in [0.4, 0.5) is 0 Å². The van der Waals surface area contributed by atoms with Gasteiger partial charge >= 0.3 is 0 Å². The van der Waals surface area contributed by atoms with E-state index >= 15 is 0 Å². The molecule has 0 radical (unpaired) electrons. The number of aliphatic hydroxyl groups is 1. The first-order chi connectivity index (χ1) is 6.38. The summed E-state index contributed by atoms with van der Waals surface area (Å²) in [7, 11) is -3.31. The van der Waals surface area contributed by atoms with Crippen molar-refractivity contribution < 1.29 is 13.5 Å². The Kier molecular flexibility index (Phi) is 3.34. The van der Waals surface area contributed by atoms with Crippen LogP contribution in [0.3, 0.4) is 0 Å².